The summed E-state index contributed by atoms with van der Waals surface area (Å²) in [6.07, 6.45) is 2.46. The van der Waals surface area contributed by atoms with Crippen LogP contribution in [0.1, 0.15) is 44.2 Å². The predicted octanol–water partition coefficient (Wildman–Crippen LogP) is 1.41. The van der Waals surface area contributed by atoms with E-state index in [1.807, 2.05) is 6.92 Å². The zero-order valence-electron chi connectivity index (χ0n) is 13.8. The molecule has 0 spiro atoms. The third-order valence-electron chi connectivity index (χ3n) is 4.07. The van der Waals surface area contributed by atoms with E-state index < -0.39 is 25.1 Å². The Morgan fingerprint density at radius 1 is 1.46 bits per heavy atom. The highest BCUT2D eigenvalue weighted by atomic mass is 32.3. The summed E-state index contributed by atoms with van der Waals surface area (Å²) in [6, 6.07) is 1.23. The van der Waals surface area contributed by atoms with Gasteiger partial charge in [-0.3, -0.25) is 0 Å². The Morgan fingerprint density at radius 2 is 2.17 bits per heavy atom. The zero-order chi connectivity index (χ0) is 18.0. The van der Waals surface area contributed by atoms with Crippen LogP contribution in [0.15, 0.2) is 14.5 Å². The number of ether oxygens (including phenoxy) is 1. The molecule has 1 aliphatic heterocycles. The molecule has 0 amide bonds. The number of hydrogen-bond donors (Lipinski definition) is 2. The Morgan fingerprint density at radius 3 is 2.75 bits per heavy atom. The second-order valence-corrected chi connectivity index (χ2v) is 11.2. The summed E-state index contributed by atoms with van der Waals surface area (Å²) >= 11 is 0.757. The summed E-state index contributed by atoms with van der Waals surface area (Å²) in [5, 5.41) is 7.97. The van der Waals surface area contributed by atoms with Gasteiger partial charge in [-0.15, -0.1) is 11.3 Å². The summed E-state index contributed by atoms with van der Waals surface area (Å²) in [4.78, 5) is 0. The predicted molar refractivity (Wildman–Crippen MR) is 93.4 cm³/mol. The second kappa shape index (κ2) is 7.79. The first-order valence-corrected chi connectivity index (χ1v) is 11.8. The zero-order valence-corrected chi connectivity index (χ0v) is 16.3. The minimum atomic E-state index is -3.92. The molecule has 0 saturated carbocycles. The van der Waals surface area contributed by atoms with Crippen molar-refractivity contribution in [3.8, 4) is 0 Å². The molecule has 2 rings (SSSR count). The number of nitrogens with two attached hydrogens (primary N) is 1. The first kappa shape index (κ1) is 19.8. The Kier molecular flexibility index (Phi) is 6.43. The molecule has 0 fully saturated rings. The van der Waals surface area contributed by atoms with Crippen LogP contribution in [0.3, 0.4) is 0 Å². The SMILES string of the molecule is CCCNC1C[C@H](CCCOC)S(=O)(=O)c2sc(S(N)(=O)=O)cc21. The van der Waals surface area contributed by atoms with Crippen LogP contribution in [0.2, 0.25) is 0 Å². The van der Waals surface area contributed by atoms with E-state index in [0.717, 1.165) is 24.3 Å². The lowest BCUT2D eigenvalue weighted by atomic mass is 10.0. The lowest BCUT2D eigenvalue weighted by Gasteiger charge is -2.30. The van der Waals surface area contributed by atoms with Gasteiger partial charge in [0.15, 0.2) is 9.84 Å². The Labute approximate surface area is 147 Å². The Balaban J connectivity index is 2.42. The third kappa shape index (κ3) is 4.17. The van der Waals surface area contributed by atoms with Crippen molar-refractivity contribution in [1.82, 2.24) is 5.32 Å². The van der Waals surface area contributed by atoms with Crippen LogP contribution in [-0.2, 0) is 24.6 Å². The number of sulfone groups is 1. The van der Waals surface area contributed by atoms with Gasteiger partial charge in [0, 0.05) is 25.3 Å². The van der Waals surface area contributed by atoms with E-state index in [1.54, 1.807) is 7.11 Å². The molecule has 2 heterocycles. The van der Waals surface area contributed by atoms with Crippen molar-refractivity contribution in [3.63, 3.8) is 0 Å². The third-order valence-corrected chi connectivity index (χ3v) is 9.44. The van der Waals surface area contributed by atoms with Crippen molar-refractivity contribution in [3.05, 3.63) is 11.6 Å². The quantitative estimate of drug-likeness (QED) is 0.642. The molecule has 0 aromatic carbocycles. The molecule has 7 nitrogen and oxygen atoms in total. The molecule has 0 aliphatic carbocycles. The molecule has 1 aliphatic rings. The lowest BCUT2D eigenvalue weighted by molar-refractivity contribution is 0.191. The minimum Gasteiger partial charge on any atom is -0.385 e. The van der Waals surface area contributed by atoms with Crippen molar-refractivity contribution >= 4 is 31.2 Å². The first-order valence-electron chi connectivity index (χ1n) is 7.84. The van der Waals surface area contributed by atoms with Crippen LogP contribution in [0.25, 0.3) is 0 Å². The lowest BCUT2D eigenvalue weighted by Crippen LogP contribution is -2.35. The van der Waals surface area contributed by atoms with Gasteiger partial charge in [0.05, 0.1) is 5.25 Å². The molecule has 1 aromatic heterocycles. The van der Waals surface area contributed by atoms with Gasteiger partial charge in [0.25, 0.3) is 0 Å². The standard InChI is InChI=1S/C14H24N2O5S3/c1-3-6-16-12-8-10(5-4-7-21-2)23(17,18)14-11(12)9-13(22-14)24(15,19)20/h9-10,12,16H,3-8H2,1-2H3,(H2,15,19,20)/t10-,12?/m0/s1. The molecule has 1 unspecified atom stereocenters. The van der Waals surface area contributed by atoms with E-state index >= 15 is 0 Å². The maximum atomic E-state index is 12.9. The molecule has 2 atom stereocenters. The van der Waals surface area contributed by atoms with Crippen LogP contribution in [0.4, 0.5) is 0 Å². The van der Waals surface area contributed by atoms with Gasteiger partial charge >= 0.3 is 0 Å². The van der Waals surface area contributed by atoms with E-state index in [0.29, 0.717) is 31.4 Å². The fourth-order valence-electron chi connectivity index (χ4n) is 2.88. The number of rotatable bonds is 8. The molecule has 138 valence electrons. The number of primary sulfonamides is 1. The van der Waals surface area contributed by atoms with E-state index in [9.17, 15) is 16.8 Å². The summed E-state index contributed by atoms with van der Waals surface area (Å²) in [5.41, 5.74) is 0.528. The molecule has 1 aromatic rings. The Hall–Kier alpha value is -0.520. The van der Waals surface area contributed by atoms with Crippen molar-refractivity contribution in [1.29, 1.82) is 0 Å². The number of thiophene rings is 1. The van der Waals surface area contributed by atoms with Crippen molar-refractivity contribution in [2.45, 2.75) is 52.3 Å². The number of methoxy groups -OCH3 is 1. The summed E-state index contributed by atoms with van der Waals surface area (Å²) in [6.45, 7) is 3.25. The fraction of sp³-hybridized carbons (Fsp3) is 0.714. The van der Waals surface area contributed by atoms with Gasteiger partial charge in [-0.05, 0) is 38.3 Å². The fourth-order valence-corrected chi connectivity index (χ4v) is 7.63. The van der Waals surface area contributed by atoms with E-state index in [-0.39, 0.29) is 14.5 Å². The molecular formula is C14H24N2O5S3. The average Bonchev–Trinajstić information content (AvgIpc) is 2.95. The largest absolute Gasteiger partial charge is 0.385 e. The highest BCUT2D eigenvalue weighted by Crippen LogP contribution is 2.43. The molecule has 0 saturated heterocycles. The van der Waals surface area contributed by atoms with Crippen LogP contribution in [0.5, 0.6) is 0 Å². The first-order chi connectivity index (χ1) is 11.2. The highest BCUT2D eigenvalue weighted by Gasteiger charge is 2.41. The molecule has 3 N–H and O–H groups in total. The van der Waals surface area contributed by atoms with Gasteiger partial charge in [0.2, 0.25) is 10.0 Å². The van der Waals surface area contributed by atoms with Crippen LogP contribution < -0.4 is 10.5 Å². The monoisotopic (exact) mass is 396 g/mol. The maximum absolute atomic E-state index is 12.9. The summed E-state index contributed by atoms with van der Waals surface area (Å²) in [5.74, 6) is 0. The number of hydrogen-bond acceptors (Lipinski definition) is 7. The molecule has 24 heavy (non-hydrogen) atoms. The Bertz CT molecular complexity index is 770. The molecule has 10 heteroatoms. The number of sulfonamides is 1. The van der Waals surface area contributed by atoms with E-state index in [2.05, 4.69) is 5.32 Å². The van der Waals surface area contributed by atoms with Crippen molar-refractivity contribution in [2.75, 3.05) is 20.3 Å². The average molecular weight is 397 g/mol. The van der Waals surface area contributed by atoms with Crippen LogP contribution in [0, 0.1) is 0 Å². The van der Waals surface area contributed by atoms with Gasteiger partial charge in [0.1, 0.15) is 8.42 Å². The second-order valence-electron chi connectivity index (χ2n) is 5.90. The van der Waals surface area contributed by atoms with E-state index in [4.69, 9.17) is 9.88 Å². The number of fused-ring (bicyclic) bond motifs is 1. The van der Waals surface area contributed by atoms with Gasteiger partial charge in [-0.25, -0.2) is 22.0 Å². The van der Waals surface area contributed by atoms with Crippen molar-refractivity contribution < 1.29 is 21.6 Å². The topological polar surface area (TPSA) is 116 Å². The summed E-state index contributed by atoms with van der Waals surface area (Å²) < 4.78 is 54.0. The van der Waals surface area contributed by atoms with Crippen LogP contribution >= 0.6 is 11.3 Å². The highest BCUT2D eigenvalue weighted by molar-refractivity contribution is 7.95. The normalized spacial score (nSPS) is 23.1. The van der Waals surface area contributed by atoms with Gasteiger partial charge in [-0.2, -0.15) is 0 Å². The van der Waals surface area contributed by atoms with Gasteiger partial charge in [-0.1, -0.05) is 6.92 Å². The molecule has 0 radical (unpaired) electrons. The minimum absolute atomic E-state index is 0.100. The number of nitrogens with one attached hydrogen (secondary N) is 1. The molecule has 0 bridgehead atoms. The molecular weight excluding hydrogens is 372 g/mol. The maximum Gasteiger partial charge on any atom is 0.247 e. The van der Waals surface area contributed by atoms with Gasteiger partial charge < -0.3 is 10.1 Å². The summed E-state index contributed by atoms with van der Waals surface area (Å²) in [7, 11) is -5.90. The van der Waals surface area contributed by atoms with E-state index in [1.165, 1.54) is 6.07 Å². The van der Waals surface area contributed by atoms with Crippen molar-refractivity contribution in [2.24, 2.45) is 5.14 Å². The smallest absolute Gasteiger partial charge is 0.247 e. The van der Waals surface area contributed by atoms with Crippen LogP contribution in [-0.4, -0.2) is 42.3 Å².